The molecule has 2 fully saturated rings. The van der Waals surface area contributed by atoms with Crippen LogP contribution < -0.4 is 16.0 Å². The summed E-state index contributed by atoms with van der Waals surface area (Å²) in [6.45, 7) is 14.4. The summed E-state index contributed by atoms with van der Waals surface area (Å²) in [5.41, 5.74) is -1.08. The molecule has 27 heteroatoms. The average molecular weight is 1040 g/mol. The fourth-order valence-corrected chi connectivity index (χ4v) is 8.70. The zero-order chi connectivity index (χ0) is 50.8. The van der Waals surface area contributed by atoms with E-state index < -0.39 is 75.6 Å². The SMILES string of the molecule is [B][C@@H]1O[C@H](COC(C)(C)C)C(OP(=O)(O)OCCCCCCNC(=O)CCNC(=O)CSCCC(=O)NCCOCCOCCOCCOP(=O)(O)OC[C@H]2O[C@@H](C)[C@@H](O)C2OC(C)(C)C)[C@@H]1O. The van der Waals surface area contributed by atoms with Gasteiger partial charge in [0.05, 0.1) is 89.1 Å². The van der Waals surface area contributed by atoms with Crippen molar-refractivity contribution in [2.75, 3.05) is 97.2 Å². The molecule has 2 aliphatic heterocycles. The lowest BCUT2D eigenvalue weighted by molar-refractivity contribution is -0.122. The summed E-state index contributed by atoms with van der Waals surface area (Å²) >= 11 is 1.30. The van der Waals surface area contributed by atoms with Crippen LogP contribution in [0.4, 0.5) is 0 Å². The van der Waals surface area contributed by atoms with Crippen LogP contribution in [0.25, 0.3) is 0 Å². The summed E-state index contributed by atoms with van der Waals surface area (Å²) in [6.07, 6.45) is -3.44. The van der Waals surface area contributed by atoms with Gasteiger partial charge in [0, 0.05) is 44.2 Å². The third kappa shape index (κ3) is 29.3. The summed E-state index contributed by atoms with van der Waals surface area (Å²) in [5, 5.41) is 28.9. The van der Waals surface area contributed by atoms with Gasteiger partial charge in [-0.3, -0.25) is 32.5 Å². The molecule has 2 saturated heterocycles. The normalized spacial score (nSPS) is 24.9. The van der Waals surface area contributed by atoms with E-state index in [1.165, 1.54) is 11.8 Å². The van der Waals surface area contributed by atoms with Crippen molar-refractivity contribution in [1.82, 2.24) is 16.0 Å². The lowest BCUT2D eigenvalue weighted by Crippen LogP contribution is -2.41. The standard InChI is InChI=1S/C41H78BN3O20P2S/c1-29-35(49)37(64-41(5,6)7)31(62-29)27-61-66(51,52)60-24-23-57-22-21-56-20-19-55-18-16-45-33(47)13-25-68-28-34(48)44-15-12-32(46)43-14-10-8-9-11-17-59-67(53,54)65-38-30(26-58-40(2,3)4)63-39(42)36(38)50/h29-31,35-39,49-50H,8-28H2,1-7H3,(H,43,46)(H,44,48)(H,45,47)(H,51,52)(H,53,54)/t29-,30+,31+,35+,36-,37?,38?,39+/m0/s1. The first kappa shape index (κ1) is 62.8. The number of unbranched alkanes of at least 4 members (excludes halogenated alkanes) is 3. The van der Waals surface area contributed by atoms with Crippen LogP contribution in [0.5, 0.6) is 0 Å². The number of thioether (sulfide) groups is 1. The molecule has 4 unspecified atom stereocenters. The van der Waals surface area contributed by atoms with Gasteiger partial charge in [-0.1, -0.05) is 12.8 Å². The molecule has 0 bridgehead atoms. The molecule has 0 aromatic heterocycles. The van der Waals surface area contributed by atoms with Crippen molar-refractivity contribution in [2.45, 2.75) is 147 Å². The number of ether oxygens (including phenoxy) is 7. The van der Waals surface area contributed by atoms with Gasteiger partial charge in [0.15, 0.2) is 0 Å². The minimum absolute atomic E-state index is 0.00201. The molecule has 2 aliphatic rings. The van der Waals surface area contributed by atoms with E-state index in [-0.39, 0.29) is 95.7 Å². The number of carbonyl (C=O) groups is 3. The third-order valence-electron chi connectivity index (χ3n) is 9.60. The van der Waals surface area contributed by atoms with Crippen LogP contribution in [0.15, 0.2) is 0 Å². The molecule has 0 aromatic rings. The van der Waals surface area contributed by atoms with E-state index in [0.717, 1.165) is 6.42 Å². The van der Waals surface area contributed by atoms with Crippen molar-refractivity contribution in [2.24, 2.45) is 0 Å². The van der Waals surface area contributed by atoms with Crippen LogP contribution in [-0.4, -0.2) is 203 Å². The zero-order valence-electron chi connectivity index (χ0n) is 40.7. The fourth-order valence-electron chi connectivity index (χ4n) is 6.24. The predicted octanol–water partition coefficient (Wildman–Crippen LogP) is 1.50. The number of hydrogen-bond donors (Lipinski definition) is 7. The molecule has 2 heterocycles. The van der Waals surface area contributed by atoms with E-state index in [2.05, 4.69) is 16.0 Å². The Labute approximate surface area is 406 Å². The van der Waals surface area contributed by atoms with Gasteiger partial charge in [0.2, 0.25) is 17.7 Å². The highest BCUT2D eigenvalue weighted by atomic mass is 32.2. The van der Waals surface area contributed by atoms with Crippen LogP contribution in [-0.2, 0) is 74.8 Å². The first-order chi connectivity index (χ1) is 31.9. The Morgan fingerprint density at radius 1 is 0.632 bits per heavy atom. The second kappa shape index (κ2) is 32.7. The van der Waals surface area contributed by atoms with Crippen LogP contribution >= 0.6 is 27.4 Å². The zero-order valence-corrected chi connectivity index (χ0v) is 43.3. The van der Waals surface area contributed by atoms with E-state index in [1.807, 2.05) is 41.5 Å². The molecular formula is C41H78BN3O20P2S. The van der Waals surface area contributed by atoms with E-state index in [4.69, 9.17) is 59.1 Å². The van der Waals surface area contributed by atoms with Crippen molar-refractivity contribution in [1.29, 1.82) is 0 Å². The van der Waals surface area contributed by atoms with Gasteiger partial charge in [-0.25, -0.2) is 9.13 Å². The van der Waals surface area contributed by atoms with Gasteiger partial charge in [-0.15, -0.1) is 0 Å². The first-order valence-corrected chi connectivity index (χ1v) is 27.2. The van der Waals surface area contributed by atoms with Gasteiger partial charge in [-0.05, 0) is 61.3 Å². The third-order valence-corrected chi connectivity index (χ3v) is 12.6. The van der Waals surface area contributed by atoms with Crippen LogP contribution in [0.3, 0.4) is 0 Å². The molecule has 2 radical (unpaired) electrons. The topological polar surface area (TPSA) is 304 Å². The lowest BCUT2D eigenvalue weighted by Gasteiger charge is -2.29. The van der Waals surface area contributed by atoms with Crippen molar-refractivity contribution < 1.29 is 94.8 Å². The Kier molecular flexibility index (Phi) is 30.2. The second-order valence-electron chi connectivity index (χ2n) is 17.9. The van der Waals surface area contributed by atoms with Gasteiger partial charge >= 0.3 is 15.6 Å². The maximum absolute atomic E-state index is 12.5. The second-order valence-corrected chi connectivity index (χ2v) is 21.9. The molecule has 396 valence electrons. The Morgan fingerprint density at radius 2 is 1.21 bits per heavy atom. The maximum Gasteiger partial charge on any atom is 0.472 e. The number of phosphoric acid groups is 2. The Balaban J connectivity index is 1.35. The number of nitrogens with one attached hydrogen (secondary N) is 3. The van der Waals surface area contributed by atoms with Crippen LogP contribution in [0, 0.1) is 0 Å². The number of aliphatic hydroxyl groups is 2. The van der Waals surface area contributed by atoms with Crippen molar-refractivity contribution in [3.8, 4) is 0 Å². The van der Waals surface area contributed by atoms with Gasteiger partial charge in [0.1, 0.15) is 44.5 Å². The number of aliphatic hydroxyl groups excluding tert-OH is 2. The minimum atomic E-state index is -4.51. The van der Waals surface area contributed by atoms with E-state index in [0.29, 0.717) is 51.3 Å². The van der Waals surface area contributed by atoms with Gasteiger partial charge in [-0.2, -0.15) is 11.8 Å². The molecule has 2 rings (SSSR count). The molecule has 68 heavy (non-hydrogen) atoms. The average Bonchev–Trinajstić information content (AvgIpc) is 3.66. The van der Waals surface area contributed by atoms with Gasteiger partial charge in [0.25, 0.3) is 0 Å². The number of phosphoric ester groups is 2. The first-order valence-electron chi connectivity index (χ1n) is 23.0. The summed E-state index contributed by atoms with van der Waals surface area (Å²) in [6, 6.07) is -1.10. The van der Waals surface area contributed by atoms with Crippen molar-refractivity contribution in [3.05, 3.63) is 0 Å². The van der Waals surface area contributed by atoms with E-state index >= 15 is 0 Å². The smallest absolute Gasteiger partial charge is 0.388 e. The largest absolute Gasteiger partial charge is 0.472 e. The minimum Gasteiger partial charge on any atom is -0.388 e. The summed E-state index contributed by atoms with van der Waals surface area (Å²) < 4.78 is 83.9. The fraction of sp³-hybridized carbons (Fsp3) is 0.927. The quantitative estimate of drug-likeness (QED) is 0.0263. The Morgan fingerprint density at radius 3 is 1.87 bits per heavy atom. The molecule has 7 N–H and O–H groups in total. The van der Waals surface area contributed by atoms with Crippen LogP contribution in [0.2, 0.25) is 0 Å². The maximum atomic E-state index is 12.5. The van der Waals surface area contributed by atoms with Crippen molar-refractivity contribution in [3.63, 3.8) is 0 Å². The summed E-state index contributed by atoms with van der Waals surface area (Å²) in [4.78, 5) is 56.5. The monoisotopic (exact) mass is 1040 g/mol. The molecule has 10 atom stereocenters. The molecular weight excluding hydrogens is 959 g/mol. The summed E-state index contributed by atoms with van der Waals surface area (Å²) in [5.74, 6) is -0.0428. The highest BCUT2D eigenvalue weighted by Crippen LogP contribution is 2.47. The molecule has 0 spiro atoms. The highest BCUT2D eigenvalue weighted by molar-refractivity contribution is 7.99. The number of amides is 3. The van der Waals surface area contributed by atoms with E-state index in [9.17, 15) is 43.5 Å². The van der Waals surface area contributed by atoms with Gasteiger partial charge < -0.3 is 69.1 Å². The molecule has 0 saturated carbocycles. The number of hydrogen-bond acceptors (Lipinski definition) is 19. The summed E-state index contributed by atoms with van der Waals surface area (Å²) in [7, 11) is -3.17. The molecule has 0 aromatic carbocycles. The predicted molar refractivity (Wildman–Crippen MR) is 250 cm³/mol. The van der Waals surface area contributed by atoms with E-state index in [1.54, 1.807) is 6.92 Å². The lowest BCUT2D eigenvalue weighted by atomic mass is 9.93. The number of rotatable bonds is 37. The van der Waals surface area contributed by atoms with Crippen molar-refractivity contribution >= 4 is 53.0 Å². The number of carbonyl (C=O) groups excluding carboxylic acids is 3. The van der Waals surface area contributed by atoms with Crippen LogP contribution in [0.1, 0.15) is 87.0 Å². The molecule has 0 aliphatic carbocycles. The molecule has 3 amide bonds. The Hall–Kier alpha value is -1.32. The highest BCUT2D eigenvalue weighted by Gasteiger charge is 2.47. The molecule has 23 nitrogen and oxygen atoms in total. The Bertz CT molecular complexity index is 1550.